The molecule has 1 aliphatic heterocycles. The fourth-order valence-electron chi connectivity index (χ4n) is 3.01. The third kappa shape index (κ3) is 3.04. The van der Waals surface area contributed by atoms with Gasteiger partial charge < -0.3 is 19.9 Å². The summed E-state index contributed by atoms with van der Waals surface area (Å²) in [5.74, 6) is 0.0914. The highest BCUT2D eigenvalue weighted by atomic mass is 16.5. The molecule has 2 heterocycles. The third-order valence-electron chi connectivity index (χ3n) is 4.12. The number of hydrogen-bond donors (Lipinski definition) is 1. The second kappa shape index (κ2) is 6.90. The summed E-state index contributed by atoms with van der Waals surface area (Å²) >= 11 is 0. The summed E-state index contributed by atoms with van der Waals surface area (Å²) in [5, 5.41) is 0. The molecule has 1 aliphatic rings. The first kappa shape index (κ1) is 15.1. The third-order valence-corrected chi connectivity index (χ3v) is 4.12. The lowest BCUT2D eigenvalue weighted by Gasteiger charge is -2.40. The molecule has 2 rings (SSSR count). The molecule has 1 fully saturated rings. The quantitative estimate of drug-likeness (QED) is 0.888. The molecule has 0 radical (unpaired) electrons. The largest absolute Gasteiger partial charge is 0.383 e. The van der Waals surface area contributed by atoms with Crippen molar-refractivity contribution in [1.82, 2.24) is 9.47 Å². The molecule has 0 spiro atoms. The Bertz CT molecular complexity index is 444. The molecule has 5 nitrogen and oxygen atoms in total. The van der Waals surface area contributed by atoms with E-state index in [1.807, 2.05) is 27.8 Å². The number of hydrogen-bond acceptors (Lipinski definition) is 3. The summed E-state index contributed by atoms with van der Waals surface area (Å²) in [6.07, 6.45) is 5.14. The molecule has 1 aromatic rings. The van der Waals surface area contributed by atoms with E-state index < -0.39 is 0 Å². The zero-order chi connectivity index (χ0) is 14.5. The van der Waals surface area contributed by atoms with E-state index in [2.05, 4.69) is 6.92 Å². The Morgan fingerprint density at radius 3 is 3.00 bits per heavy atom. The number of aromatic nitrogens is 1. The van der Waals surface area contributed by atoms with E-state index >= 15 is 0 Å². The van der Waals surface area contributed by atoms with Crippen molar-refractivity contribution in [3.8, 4) is 0 Å². The van der Waals surface area contributed by atoms with Gasteiger partial charge in [-0.2, -0.15) is 0 Å². The Balaban J connectivity index is 2.18. The zero-order valence-electron chi connectivity index (χ0n) is 12.4. The predicted octanol–water partition coefficient (Wildman–Crippen LogP) is 1.48. The van der Waals surface area contributed by atoms with Gasteiger partial charge in [-0.15, -0.1) is 0 Å². The van der Waals surface area contributed by atoms with Crippen LogP contribution in [0.25, 0.3) is 0 Å². The fraction of sp³-hybridized carbons (Fsp3) is 0.667. The van der Waals surface area contributed by atoms with Crippen LogP contribution in [0.1, 0.15) is 36.7 Å². The van der Waals surface area contributed by atoms with E-state index in [1.165, 1.54) is 0 Å². The summed E-state index contributed by atoms with van der Waals surface area (Å²) in [7, 11) is 1.67. The number of nitrogens with zero attached hydrogens (tertiary/aromatic N) is 2. The van der Waals surface area contributed by atoms with Gasteiger partial charge in [0, 0.05) is 38.5 Å². The van der Waals surface area contributed by atoms with Gasteiger partial charge >= 0.3 is 0 Å². The van der Waals surface area contributed by atoms with Gasteiger partial charge in [0.15, 0.2) is 0 Å². The molecular formula is C15H25N3O2. The van der Waals surface area contributed by atoms with Crippen LogP contribution in [0.15, 0.2) is 18.3 Å². The maximum atomic E-state index is 12.8. The molecular weight excluding hydrogens is 254 g/mol. The smallest absolute Gasteiger partial charge is 0.271 e. The van der Waals surface area contributed by atoms with Crippen LogP contribution >= 0.6 is 0 Å². The number of amides is 1. The Morgan fingerprint density at radius 2 is 2.30 bits per heavy atom. The summed E-state index contributed by atoms with van der Waals surface area (Å²) in [5.41, 5.74) is 6.58. The number of carbonyl (C=O) groups excluding carboxylic acids is 1. The number of ether oxygens (including phenoxy) is 1. The van der Waals surface area contributed by atoms with Gasteiger partial charge in [-0.1, -0.05) is 0 Å². The zero-order valence-corrected chi connectivity index (χ0v) is 12.4. The van der Waals surface area contributed by atoms with E-state index in [9.17, 15) is 4.79 Å². The maximum Gasteiger partial charge on any atom is 0.271 e. The first-order valence-corrected chi connectivity index (χ1v) is 7.35. The van der Waals surface area contributed by atoms with Gasteiger partial charge in [-0.3, -0.25) is 4.79 Å². The molecule has 2 atom stereocenters. The number of rotatable bonds is 5. The van der Waals surface area contributed by atoms with Crippen LogP contribution in [0.3, 0.4) is 0 Å². The van der Waals surface area contributed by atoms with E-state index in [1.54, 1.807) is 7.11 Å². The molecule has 0 aromatic carbocycles. The Morgan fingerprint density at radius 1 is 1.50 bits per heavy atom. The van der Waals surface area contributed by atoms with Crippen molar-refractivity contribution in [2.45, 2.75) is 44.8 Å². The lowest BCUT2D eigenvalue weighted by molar-refractivity contribution is 0.0481. The Hall–Kier alpha value is -1.33. The first-order chi connectivity index (χ1) is 9.69. The van der Waals surface area contributed by atoms with Crippen molar-refractivity contribution in [1.29, 1.82) is 0 Å². The number of methoxy groups -OCH3 is 1. The highest BCUT2D eigenvalue weighted by molar-refractivity contribution is 5.93. The van der Waals surface area contributed by atoms with E-state index in [4.69, 9.17) is 10.5 Å². The average molecular weight is 279 g/mol. The van der Waals surface area contributed by atoms with Gasteiger partial charge in [0.1, 0.15) is 5.69 Å². The minimum atomic E-state index is 0.0914. The van der Waals surface area contributed by atoms with Gasteiger partial charge in [0.25, 0.3) is 5.91 Å². The minimum absolute atomic E-state index is 0.0914. The van der Waals surface area contributed by atoms with E-state index in [0.29, 0.717) is 19.7 Å². The van der Waals surface area contributed by atoms with Gasteiger partial charge in [0.2, 0.25) is 0 Å². The summed E-state index contributed by atoms with van der Waals surface area (Å²) in [4.78, 5) is 14.8. The Kier molecular flexibility index (Phi) is 5.20. The Labute approximate surface area is 120 Å². The molecule has 1 aromatic heterocycles. The number of carbonyl (C=O) groups is 1. The standard InChI is InChI=1S/C15H25N3O2/c1-12-5-3-6-13(11-16)18(12)15(19)14-7-4-8-17(14)9-10-20-2/h4,7-8,12-13H,3,5-6,9-11,16H2,1-2H3. The van der Waals surface area contributed by atoms with Crippen LogP contribution in [0.5, 0.6) is 0 Å². The summed E-state index contributed by atoms with van der Waals surface area (Å²) < 4.78 is 7.05. The maximum absolute atomic E-state index is 12.8. The van der Waals surface area contributed by atoms with Crippen molar-refractivity contribution >= 4 is 5.91 Å². The molecule has 2 N–H and O–H groups in total. The average Bonchev–Trinajstić information content (AvgIpc) is 2.92. The molecule has 0 saturated carbocycles. The number of piperidine rings is 1. The van der Waals surface area contributed by atoms with E-state index in [-0.39, 0.29) is 18.0 Å². The second-order valence-corrected chi connectivity index (χ2v) is 5.46. The van der Waals surface area contributed by atoms with Crippen LogP contribution < -0.4 is 5.73 Å². The molecule has 5 heteroatoms. The fourth-order valence-corrected chi connectivity index (χ4v) is 3.01. The van der Waals surface area contributed by atoms with Gasteiger partial charge in [0.05, 0.1) is 6.61 Å². The monoisotopic (exact) mass is 279 g/mol. The minimum Gasteiger partial charge on any atom is -0.383 e. The topological polar surface area (TPSA) is 60.5 Å². The van der Waals surface area contributed by atoms with Gasteiger partial charge in [-0.25, -0.2) is 0 Å². The summed E-state index contributed by atoms with van der Waals surface area (Å²) in [6.45, 7) is 3.95. The first-order valence-electron chi connectivity index (χ1n) is 7.35. The van der Waals surface area contributed by atoms with Crippen molar-refractivity contribution < 1.29 is 9.53 Å². The predicted molar refractivity (Wildman–Crippen MR) is 78.6 cm³/mol. The van der Waals surface area contributed by atoms with Crippen molar-refractivity contribution in [3.63, 3.8) is 0 Å². The van der Waals surface area contributed by atoms with Gasteiger partial charge in [-0.05, 0) is 38.3 Å². The highest BCUT2D eigenvalue weighted by Crippen LogP contribution is 2.24. The molecule has 20 heavy (non-hydrogen) atoms. The van der Waals surface area contributed by atoms with Crippen LogP contribution in [0, 0.1) is 0 Å². The second-order valence-electron chi connectivity index (χ2n) is 5.46. The summed E-state index contributed by atoms with van der Waals surface area (Å²) in [6, 6.07) is 4.22. The van der Waals surface area contributed by atoms with Crippen LogP contribution in [0.4, 0.5) is 0 Å². The normalized spacial score (nSPS) is 23.1. The molecule has 1 amide bonds. The van der Waals surface area contributed by atoms with Crippen molar-refractivity contribution in [3.05, 3.63) is 24.0 Å². The van der Waals surface area contributed by atoms with Crippen LogP contribution in [-0.4, -0.2) is 47.7 Å². The molecule has 2 unspecified atom stereocenters. The van der Waals surface area contributed by atoms with Crippen molar-refractivity contribution in [2.24, 2.45) is 5.73 Å². The van der Waals surface area contributed by atoms with Crippen LogP contribution in [-0.2, 0) is 11.3 Å². The van der Waals surface area contributed by atoms with E-state index in [0.717, 1.165) is 25.0 Å². The highest BCUT2D eigenvalue weighted by Gasteiger charge is 2.32. The number of likely N-dealkylation sites (tertiary alicyclic amines) is 1. The lowest BCUT2D eigenvalue weighted by Crippen LogP contribution is -2.52. The number of nitrogens with two attached hydrogens (primary N) is 1. The molecule has 0 bridgehead atoms. The van der Waals surface area contributed by atoms with Crippen LogP contribution in [0.2, 0.25) is 0 Å². The lowest BCUT2D eigenvalue weighted by atomic mass is 9.96. The molecule has 0 aliphatic carbocycles. The SMILES string of the molecule is COCCn1cccc1C(=O)N1C(C)CCCC1CN. The molecule has 1 saturated heterocycles. The van der Waals surface area contributed by atoms with Crippen molar-refractivity contribution in [2.75, 3.05) is 20.3 Å². The molecule has 112 valence electrons.